The number of hydrogen-bond acceptors (Lipinski definition) is 5. The van der Waals surface area contributed by atoms with E-state index >= 15 is 0 Å². The van der Waals surface area contributed by atoms with E-state index in [1.165, 1.54) is 5.69 Å². The first kappa shape index (κ1) is 15.7. The van der Waals surface area contributed by atoms with Gasteiger partial charge in [-0.05, 0) is 24.3 Å². The molecule has 5 nitrogen and oxygen atoms in total. The van der Waals surface area contributed by atoms with E-state index in [-0.39, 0.29) is 0 Å². The number of piperazine rings is 1. The third-order valence-corrected chi connectivity index (χ3v) is 4.60. The highest BCUT2D eigenvalue weighted by atomic mass is 16.4. The van der Waals surface area contributed by atoms with E-state index in [9.17, 15) is 0 Å². The van der Waals surface area contributed by atoms with Gasteiger partial charge in [-0.15, -0.1) is 0 Å². The van der Waals surface area contributed by atoms with Gasteiger partial charge in [-0.1, -0.05) is 30.3 Å². The molecule has 5 heteroatoms. The van der Waals surface area contributed by atoms with Crippen LogP contribution in [0.4, 0.5) is 11.4 Å². The van der Waals surface area contributed by atoms with Crippen LogP contribution < -0.4 is 10.6 Å². The second-order valence-corrected chi connectivity index (χ2v) is 6.34. The van der Waals surface area contributed by atoms with Crippen molar-refractivity contribution in [2.75, 3.05) is 36.8 Å². The molecule has 1 fully saturated rings. The molecule has 0 spiro atoms. The fourth-order valence-electron chi connectivity index (χ4n) is 3.16. The van der Waals surface area contributed by atoms with Crippen molar-refractivity contribution in [1.82, 2.24) is 9.88 Å². The second-order valence-electron chi connectivity index (χ2n) is 6.34. The Morgan fingerprint density at radius 1 is 0.920 bits per heavy atom. The zero-order valence-electron chi connectivity index (χ0n) is 14.1. The third-order valence-electron chi connectivity index (χ3n) is 4.60. The second kappa shape index (κ2) is 6.99. The van der Waals surface area contributed by atoms with E-state index in [1.54, 1.807) is 0 Å². The monoisotopic (exact) mass is 334 g/mol. The van der Waals surface area contributed by atoms with Gasteiger partial charge in [0.1, 0.15) is 0 Å². The van der Waals surface area contributed by atoms with Gasteiger partial charge in [0.25, 0.3) is 0 Å². The first-order valence-corrected chi connectivity index (χ1v) is 8.61. The van der Waals surface area contributed by atoms with Crippen LogP contribution in [0.25, 0.3) is 11.3 Å². The number of benzene rings is 2. The summed E-state index contributed by atoms with van der Waals surface area (Å²) in [4.78, 5) is 9.21. The molecule has 128 valence electrons. The van der Waals surface area contributed by atoms with Crippen LogP contribution in [0.3, 0.4) is 0 Å². The number of nitrogens with zero attached hydrogens (tertiary/aromatic N) is 3. The van der Waals surface area contributed by atoms with E-state index in [0.717, 1.165) is 55.6 Å². The van der Waals surface area contributed by atoms with Gasteiger partial charge in [0, 0.05) is 43.1 Å². The molecule has 3 aromatic rings. The Kier molecular flexibility index (Phi) is 4.39. The molecule has 0 amide bonds. The Balaban J connectivity index is 1.34. The first-order chi connectivity index (χ1) is 12.3. The standard InChI is InChI=1S/C20H22N4O/c21-17-6-8-18(9-7-17)24-12-10-23(11-13-24)15-20-22-14-19(25-20)16-4-2-1-3-5-16/h1-9,14H,10-13,15,21H2. The lowest BCUT2D eigenvalue weighted by atomic mass is 10.2. The Morgan fingerprint density at radius 2 is 1.64 bits per heavy atom. The van der Waals surface area contributed by atoms with Gasteiger partial charge in [-0.2, -0.15) is 0 Å². The molecule has 0 saturated carbocycles. The van der Waals surface area contributed by atoms with Crippen molar-refractivity contribution >= 4 is 11.4 Å². The average molecular weight is 334 g/mol. The number of rotatable bonds is 4. The highest BCUT2D eigenvalue weighted by Crippen LogP contribution is 2.22. The molecule has 1 aliphatic heterocycles. The van der Waals surface area contributed by atoms with Crippen LogP contribution in [0, 0.1) is 0 Å². The molecule has 1 aliphatic rings. The molecule has 2 heterocycles. The topological polar surface area (TPSA) is 58.5 Å². The number of hydrogen-bond donors (Lipinski definition) is 1. The highest BCUT2D eigenvalue weighted by Gasteiger charge is 2.19. The van der Waals surface area contributed by atoms with Crippen molar-refractivity contribution in [2.24, 2.45) is 0 Å². The molecule has 0 radical (unpaired) electrons. The zero-order chi connectivity index (χ0) is 17.1. The van der Waals surface area contributed by atoms with Crippen LogP contribution in [-0.2, 0) is 6.54 Å². The molecular formula is C20H22N4O. The fourth-order valence-corrected chi connectivity index (χ4v) is 3.16. The Morgan fingerprint density at radius 3 is 2.36 bits per heavy atom. The lowest BCUT2D eigenvalue weighted by Crippen LogP contribution is -2.46. The van der Waals surface area contributed by atoms with Gasteiger partial charge >= 0.3 is 0 Å². The predicted molar refractivity (Wildman–Crippen MR) is 100 cm³/mol. The van der Waals surface area contributed by atoms with Crippen molar-refractivity contribution in [3.8, 4) is 11.3 Å². The maximum atomic E-state index is 5.92. The summed E-state index contributed by atoms with van der Waals surface area (Å²) < 4.78 is 5.92. The lowest BCUT2D eigenvalue weighted by molar-refractivity contribution is 0.227. The summed E-state index contributed by atoms with van der Waals surface area (Å²) in [5.74, 6) is 1.61. The van der Waals surface area contributed by atoms with Gasteiger partial charge in [-0.25, -0.2) is 4.98 Å². The van der Waals surface area contributed by atoms with E-state index in [0.29, 0.717) is 0 Å². The lowest BCUT2D eigenvalue weighted by Gasteiger charge is -2.35. The smallest absolute Gasteiger partial charge is 0.209 e. The fraction of sp³-hybridized carbons (Fsp3) is 0.250. The number of nitrogens with two attached hydrogens (primary N) is 1. The minimum atomic E-state index is 0.752. The third kappa shape index (κ3) is 3.67. The van der Waals surface area contributed by atoms with Crippen LogP contribution in [0.5, 0.6) is 0 Å². The van der Waals surface area contributed by atoms with Crippen molar-refractivity contribution in [3.05, 3.63) is 66.7 Å². The highest BCUT2D eigenvalue weighted by molar-refractivity contribution is 5.56. The Hall–Kier alpha value is -2.79. The Labute approximate surface area is 147 Å². The summed E-state index contributed by atoms with van der Waals surface area (Å²) in [5, 5.41) is 0. The van der Waals surface area contributed by atoms with Gasteiger partial charge < -0.3 is 15.1 Å². The molecular weight excluding hydrogens is 312 g/mol. The van der Waals surface area contributed by atoms with E-state index in [2.05, 4.69) is 26.9 Å². The summed E-state index contributed by atoms with van der Waals surface area (Å²) in [6.07, 6.45) is 1.81. The van der Waals surface area contributed by atoms with Gasteiger partial charge in [0.05, 0.1) is 12.7 Å². The normalized spacial score (nSPS) is 15.4. The molecule has 0 atom stereocenters. The van der Waals surface area contributed by atoms with Gasteiger partial charge in [-0.3, -0.25) is 4.90 Å². The molecule has 2 N–H and O–H groups in total. The summed E-state index contributed by atoms with van der Waals surface area (Å²) in [5.41, 5.74) is 8.87. The van der Waals surface area contributed by atoms with Gasteiger partial charge in [0.2, 0.25) is 5.89 Å². The summed E-state index contributed by atoms with van der Waals surface area (Å²) >= 11 is 0. The molecule has 4 rings (SSSR count). The minimum absolute atomic E-state index is 0.752. The van der Waals surface area contributed by atoms with Crippen LogP contribution in [0.1, 0.15) is 5.89 Å². The van der Waals surface area contributed by atoms with Crippen LogP contribution >= 0.6 is 0 Å². The number of aromatic nitrogens is 1. The van der Waals surface area contributed by atoms with E-state index in [4.69, 9.17) is 10.2 Å². The molecule has 1 aromatic heterocycles. The molecule has 1 saturated heterocycles. The number of nitrogen functional groups attached to an aromatic ring is 1. The Bertz CT molecular complexity index is 805. The zero-order valence-corrected chi connectivity index (χ0v) is 14.1. The summed E-state index contributed by atoms with van der Waals surface area (Å²) in [7, 11) is 0. The molecule has 0 unspecified atom stereocenters. The van der Waals surface area contributed by atoms with E-state index in [1.807, 2.05) is 48.7 Å². The maximum absolute atomic E-state index is 5.92. The van der Waals surface area contributed by atoms with E-state index < -0.39 is 0 Å². The first-order valence-electron chi connectivity index (χ1n) is 8.61. The van der Waals surface area contributed by atoms with Crippen LogP contribution in [0.2, 0.25) is 0 Å². The van der Waals surface area contributed by atoms with Crippen molar-refractivity contribution in [1.29, 1.82) is 0 Å². The molecule has 0 aliphatic carbocycles. The van der Waals surface area contributed by atoms with Crippen molar-refractivity contribution in [2.45, 2.75) is 6.54 Å². The number of oxazole rings is 1. The largest absolute Gasteiger partial charge is 0.439 e. The number of anilines is 2. The molecule has 25 heavy (non-hydrogen) atoms. The molecule has 2 aromatic carbocycles. The summed E-state index contributed by atoms with van der Waals surface area (Å²) in [6, 6.07) is 18.2. The quantitative estimate of drug-likeness (QED) is 0.742. The average Bonchev–Trinajstić information content (AvgIpc) is 3.12. The SMILES string of the molecule is Nc1ccc(N2CCN(Cc3ncc(-c4ccccc4)o3)CC2)cc1. The maximum Gasteiger partial charge on any atom is 0.209 e. The van der Waals surface area contributed by atoms with Crippen molar-refractivity contribution < 1.29 is 4.42 Å². The summed E-state index contributed by atoms with van der Waals surface area (Å²) in [6.45, 7) is 4.73. The molecule has 0 bridgehead atoms. The minimum Gasteiger partial charge on any atom is -0.439 e. The van der Waals surface area contributed by atoms with Crippen LogP contribution in [0.15, 0.2) is 65.2 Å². The van der Waals surface area contributed by atoms with Crippen LogP contribution in [-0.4, -0.2) is 36.1 Å². The van der Waals surface area contributed by atoms with Gasteiger partial charge in [0.15, 0.2) is 5.76 Å². The predicted octanol–water partition coefficient (Wildman–Crippen LogP) is 3.25. The van der Waals surface area contributed by atoms with Crippen molar-refractivity contribution in [3.63, 3.8) is 0 Å².